The summed E-state index contributed by atoms with van der Waals surface area (Å²) in [6.45, 7) is 0.374. The van der Waals surface area contributed by atoms with Crippen molar-refractivity contribution in [2.24, 2.45) is 0 Å². The zero-order valence-electron chi connectivity index (χ0n) is 14.8. The minimum Gasteiger partial charge on any atom is -0.463 e. The number of likely N-dealkylation sites (N-methyl/N-ethyl adjacent to an activating group) is 1. The van der Waals surface area contributed by atoms with E-state index in [-0.39, 0.29) is 16.8 Å². The summed E-state index contributed by atoms with van der Waals surface area (Å²) < 4.78 is 30.9. The second-order valence-electron chi connectivity index (χ2n) is 6.17. The average molecular weight is 366 g/mol. The number of carbonyl (C=O) groups is 1. The molecule has 7 nitrogen and oxygen atoms in total. The van der Waals surface area contributed by atoms with Crippen LogP contribution in [0.3, 0.4) is 0 Å². The summed E-state index contributed by atoms with van der Waals surface area (Å²) in [6.07, 6.45) is 1.60. The molecule has 0 bridgehead atoms. The number of nitrogens with one attached hydrogen (secondary N) is 2. The van der Waals surface area contributed by atoms with Gasteiger partial charge in [-0.05, 0) is 30.3 Å². The van der Waals surface area contributed by atoms with Gasteiger partial charge in [-0.1, -0.05) is 6.07 Å². The molecule has 1 aromatic heterocycles. The number of carbonyl (C=O) groups excluding carboxylic acids is 1. The molecule has 25 heavy (non-hydrogen) atoms. The van der Waals surface area contributed by atoms with Crippen LogP contribution in [0, 0.1) is 0 Å². The van der Waals surface area contributed by atoms with Crippen molar-refractivity contribution in [3.8, 4) is 0 Å². The van der Waals surface area contributed by atoms with Crippen molar-refractivity contribution in [2.75, 3.05) is 34.7 Å². The highest BCUT2D eigenvalue weighted by Crippen LogP contribution is 2.15. The third-order valence-corrected chi connectivity index (χ3v) is 5.74. The molecule has 1 amide bonds. The number of benzene rings is 1. The second-order valence-corrected chi connectivity index (χ2v) is 8.32. The predicted octanol–water partition coefficient (Wildman–Crippen LogP) is 0.146. The molecular weight excluding hydrogens is 342 g/mol. The van der Waals surface area contributed by atoms with Crippen LogP contribution in [-0.2, 0) is 10.0 Å². The average Bonchev–Trinajstić information content (AvgIpc) is 3.08. The summed E-state index contributed by atoms with van der Waals surface area (Å²) in [4.78, 5) is 13.6. The van der Waals surface area contributed by atoms with Crippen LogP contribution in [0.2, 0.25) is 0 Å². The summed E-state index contributed by atoms with van der Waals surface area (Å²) in [6, 6.07) is 9.65. The van der Waals surface area contributed by atoms with E-state index in [4.69, 9.17) is 4.42 Å². The normalized spacial score (nSPS) is 13.2. The standard InChI is InChI=1S/C17H23N3O4S/c1-19(2)15(16-9-6-10-24-16)12-18-17(21)13-7-5-8-14(11-13)25(22,23)20(3)4/h5-11,15H,12H2,1-4H3,(H,18,21)/p+1/t15-/m1/s1. The Morgan fingerprint density at radius 2 is 1.96 bits per heavy atom. The number of rotatable bonds is 7. The molecule has 136 valence electrons. The molecular formula is C17H24N3O4S+. The Labute approximate surface area is 148 Å². The van der Waals surface area contributed by atoms with E-state index >= 15 is 0 Å². The van der Waals surface area contributed by atoms with Gasteiger partial charge in [0.15, 0.2) is 11.8 Å². The summed E-state index contributed by atoms with van der Waals surface area (Å²) in [5.41, 5.74) is 0.301. The lowest BCUT2D eigenvalue weighted by Crippen LogP contribution is -3.07. The van der Waals surface area contributed by atoms with Gasteiger partial charge in [-0.15, -0.1) is 0 Å². The quantitative estimate of drug-likeness (QED) is 0.730. The van der Waals surface area contributed by atoms with Crippen LogP contribution in [0.5, 0.6) is 0 Å². The first-order valence-electron chi connectivity index (χ1n) is 7.87. The molecule has 1 atom stereocenters. The maximum atomic E-state index is 12.4. The van der Waals surface area contributed by atoms with Crippen LogP contribution in [-0.4, -0.2) is 53.4 Å². The van der Waals surface area contributed by atoms with Crippen LogP contribution in [0.25, 0.3) is 0 Å². The molecule has 0 radical (unpaired) electrons. The molecule has 2 N–H and O–H groups in total. The Balaban J connectivity index is 2.13. The zero-order valence-corrected chi connectivity index (χ0v) is 15.6. The Kier molecular flexibility index (Phi) is 5.99. The molecule has 0 spiro atoms. The Morgan fingerprint density at radius 3 is 2.52 bits per heavy atom. The Bertz CT molecular complexity index is 814. The van der Waals surface area contributed by atoms with Crippen molar-refractivity contribution in [1.29, 1.82) is 0 Å². The van der Waals surface area contributed by atoms with Gasteiger partial charge in [-0.2, -0.15) is 0 Å². The molecule has 2 rings (SSSR count). The van der Waals surface area contributed by atoms with Gasteiger partial charge in [0.05, 0.1) is 31.8 Å². The van der Waals surface area contributed by atoms with Gasteiger partial charge in [0.1, 0.15) is 0 Å². The molecule has 8 heteroatoms. The lowest BCUT2D eigenvalue weighted by Gasteiger charge is -2.20. The summed E-state index contributed by atoms with van der Waals surface area (Å²) >= 11 is 0. The van der Waals surface area contributed by atoms with Crippen LogP contribution in [0.15, 0.2) is 52.0 Å². The molecule has 0 fully saturated rings. The van der Waals surface area contributed by atoms with E-state index < -0.39 is 10.0 Å². The number of amides is 1. The van der Waals surface area contributed by atoms with E-state index in [1.165, 1.54) is 26.2 Å². The molecule has 1 heterocycles. The lowest BCUT2D eigenvalue weighted by atomic mass is 10.2. The van der Waals surface area contributed by atoms with Crippen molar-refractivity contribution in [1.82, 2.24) is 9.62 Å². The number of sulfonamides is 1. The molecule has 0 saturated carbocycles. The largest absolute Gasteiger partial charge is 0.463 e. The Morgan fingerprint density at radius 1 is 1.24 bits per heavy atom. The van der Waals surface area contributed by atoms with Crippen LogP contribution < -0.4 is 10.2 Å². The first-order chi connectivity index (χ1) is 11.7. The highest BCUT2D eigenvalue weighted by atomic mass is 32.2. The van der Waals surface area contributed by atoms with E-state index in [9.17, 15) is 13.2 Å². The van der Waals surface area contributed by atoms with Crippen LogP contribution in [0.1, 0.15) is 22.2 Å². The van der Waals surface area contributed by atoms with Gasteiger partial charge >= 0.3 is 0 Å². The first-order valence-corrected chi connectivity index (χ1v) is 9.31. The van der Waals surface area contributed by atoms with E-state index in [1.54, 1.807) is 18.4 Å². The Hall–Kier alpha value is -2.16. The van der Waals surface area contributed by atoms with E-state index in [0.717, 1.165) is 15.0 Å². The number of quaternary nitrogens is 1. The molecule has 0 aliphatic rings. The number of hydrogen-bond donors (Lipinski definition) is 2. The van der Waals surface area contributed by atoms with Crippen molar-refractivity contribution in [3.63, 3.8) is 0 Å². The minimum atomic E-state index is -3.58. The van der Waals surface area contributed by atoms with Gasteiger partial charge in [0.25, 0.3) is 5.91 Å². The summed E-state index contributed by atoms with van der Waals surface area (Å²) in [5.74, 6) is 0.456. The lowest BCUT2D eigenvalue weighted by molar-refractivity contribution is -0.891. The second kappa shape index (κ2) is 7.81. The van der Waals surface area contributed by atoms with E-state index in [2.05, 4.69) is 5.32 Å². The van der Waals surface area contributed by atoms with Crippen molar-refractivity contribution in [3.05, 3.63) is 54.0 Å². The van der Waals surface area contributed by atoms with Gasteiger partial charge in [0.2, 0.25) is 10.0 Å². The van der Waals surface area contributed by atoms with Gasteiger partial charge in [-0.25, -0.2) is 12.7 Å². The summed E-state index contributed by atoms with van der Waals surface area (Å²) in [7, 11) is 3.28. The molecule has 0 saturated heterocycles. The fraction of sp³-hybridized carbons (Fsp3) is 0.353. The molecule has 0 unspecified atom stereocenters. The number of hydrogen-bond acceptors (Lipinski definition) is 4. The van der Waals surface area contributed by atoms with Gasteiger partial charge in [-0.3, -0.25) is 4.79 Å². The maximum absolute atomic E-state index is 12.4. The minimum absolute atomic E-state index is 0.0346. The van der Waals surface area contributed by atoms with Crippen LogP contribution >= 0.6 is 0 Å². The monoisotopic (exact) mass is 366 g/mol. The third kappa shape index (κ3) is 4.47. The fourth-order valence-electron chi connectivity index (χ4n) is 2.38. The zero-order chi connectivity index (χ0) is 18.6. The van der Waals surface area contributed by atoms with Crippen molar-refractivity contribution < 1.29 is 22.5 Å². The topological polar surface area (TPSA) is 84.1 Å². The predicted molar refractivity (Wildman–Crippen MR) is 93.9 cm³/mol. The highest BCUT2D eigenvalue weighted by molar-refractivity contribution is 7.89. The smallest absolute Gasteiger partial charge is 0.251 e. The fourth-order valence-corrected chi connectivity index (χ4v) is 3.33. The maximum Gasteiger partial charge on any atom is 0.251 e. The first kappa shape index (κ1) is 19.2. The van der Waals surface area contributed by atoms with Crippen LogP contribution in [0.4, 0.5) is 0 Å². The third-order valence-electron chi connectivity index (χ3n) is 3.93. The summed E-state index contributed by atoms with van der Waals surface area (Å²) in [5, 5.41) is 2.85. The van der Waals surface area contributed by atoms with E-state index in [1.807, 2.05) is 26.2 Å². The SMILES string of the molecule is CN(C)S(=O)(=O)c1cccc(C(=O)NC[C@H](c2ccco2)[NH+](C)C)c1. The number of furan rings is 1. The van der Waals surface area contributed by atoms with E-state index in [0.29, 0.717) is 12.1 Å². The molecule has 0 aliphatic carbocycles. The molecule has 0 aliphatic heterocycles. The molecule has 2 aromatic rings. The van der Waals surface area contributed by atoms with Crippen molar-refractivity contribution >= 4 is 15.9 Å². The van der Waals surface area contributed by atoms with Crippen molar-refractivity contribution in [2.45, 2.75) is 10.9 Å². The van der Waals surface area contributed by atoms with Gasteiger partial charge in [0, 0.05) is 19.7 Å². The van der Waals surface area contributed by atoms with Gasteiger partial charge < -0.3 is 14.6 Å². The number of nitrogens with zero attached hydrogens (tertiary/aromatic N) is 1. The molecule has 1 aromatic carbocycles. The highest BCUT2D eigenvalue weighted by Gasteiger charge is 2.23.